The van der Waals surface area contributed by atoms with Gasteiger partial charge in [-0.05, 0) is 20.4 Å². The SMILES string of the molecule is CCN(CC1(C)COC1)C(C)C.[CH3-].[F][Re]. The third-order valence-corrected chi connectivity index (χ3v) is 2.62. The molecule has 0 atom stereocenters. The molecule has 0 aromatic rings. The van der Waals surface area contributed by atoms with Crippen molar-refractivity contribution in [2.75, 3.05) is 26.3 Å². The maximum atomic E-state index is 9.56. The molecule has 1 aliphatic heterocycles. The Labute approximate surface area is 106 Å². The van der Waals surface area contributed by atoms with Crippen LogP contribution in [0.25, 0.3) is 0 Å². The molecule has 1 fully saturated rings. The van der Waals surface area contributed by atoms with E-state index in [0.29, 0.717) is 11.5 Å². The van der Waals surface area contributed by atoms with Crippen LogP contribution >= 0.6 is 0 Å². The van der Waals surface area contributed by atoms with E-state index in [4.69, 9.17) is 4.74 Å². The van der Waals surface area contributed by atoms with Crippen molar-refractivity contribution in [1.29, 1.82) is 0 Å². The summed E-state index contributed by atoms with van der Waals surface area (Å²) in [6, 6.07) is 0.660. The molecule has 0 spiro atoms. The van der Waals surface area contributed by atoms with Gasteiger partial charge in [0.2, 0.25) is 0 Å². The zero-order valence-corrected chi connectivity index (χ0v) is 13.2. The van der Waals surface area contributed by atoms with Crippen molar-refractivity contribution in [3.63, 3.8) is 0 Å². The van der Waals surface area contributed by atoms with Gasteiger partial charge in [-0.25, -0.2) is 0 Å². The Morgan fingerprint density at radius 1 is 1.40 bits per heavy atom. The van der Waals surface area contributed by atoms with Gasteiger partial charge in [0, 0.05) is 18.0 Å². The fourth-order valence-electron chi connectivity index (χ4n) is 1.69. The third kappa shape index (κ3) is 5.97. The summed E-state index contributed by atoms with van der Waals surface area (Å²) in [5, 5.41) is 0. The summed E-state index contributed by atoms with van der Waals surface area (Å²) in [6.07, 6.45) is 0. The minimum absolute atomic E-state index is 0. The Morgan fingerprint density at radius 2 is 1.87 bits per heavy atom. The second-order valence-electron chi connectivity index (χ2n) is 4.46. The van der Waals surface area contributed by atoms with Crippen molar-refractivity contribution in [3.8, 4) is 0 Å². The van der Waals surface area contributed by atoms with Crippen molar-refractivity contribution >= 4 is 0 Å². The molecule has 0 unspecified atom stereocenters. The van der Waals surface area contributed by atoms with E-state index in [0.717, 1.165) is 19.8 Å². The Hall–Kier alpha value is 0.512. The molecular weight excluding hydrogens is 367 g/mol. The van der Waals surface area contributed by atoms with Gasteiger partial charge in [-0.15, -0.1) is 0 Å². The van der Waals surface area contributed by atoms with Gasteiger partial charge in [0.1, 0.15) is 0 Å². The molecule has 0 bridgehead atoms. The van der Waals surface area contributed by atoms with E-state index in [9.17, 15) is 3.22 Å². The number of hydrogen-bond acceptors (Lipinski definition) is 2. The zero-order chi connectivity index (χ0) is 11.2. The van der Waals surface area contributed by atoms with Crippen LogP contribution in [0.1, 0.15) is 27.7 Å². The average Bonchev–Trinajstić information content (AvgIpc) is 2.14. The quantitative estimate of drug-likeness (QED) is 0.683. The van der Waals surface area contributed by atoms with Gasteiger partial charge in [0.15, 0.2) is 0 Å². The first-order valence-electron chi connectivity index (χ1n) is 5.03. The predicted octanol–water partition coefficient (Wildman–Crippen LogP) is 2.62. The Morgan fingerprint density at radius 3 is 2.07 bits per heavy atom. The number of rotatable bonds is 4. The Balaban J connectivity index is 0. The van der Waals surface area contributed by atoms with Crippen molar-refractivity contribution in [3.05, 3.63) is 7.43 Å². The second-order valence-corrected chi connectivity index (χ2v) is 4.46. The molecule has 1 heterocycles. The van der Waals surface area contributed by atoms with Gasteiger partial charge in [0.25, 0.3) is 0 Å². The first-order valence-corrected chi connectivity index (χ1v) is 6.06. The molecule has 0 aromatic heterocycles. The molecule has 94 valence electrons. The van der Waals surface area contributed by atoms with Gasteiger partial charge < -0.3 is 17.1 Å². The van der Waals surface area contributed by atoms with E-state index in [1.807, 2.05) is 0 Å². The topological polar surface area (TPSA) is 12.5 Å². The van der Waals surface area contributed by atoms with Gasteiger partial charge in [-0.1, -0.05) is 13.8 Å². The fraction of sp³-hybridized carbons (Fsp3) is 0.909. The Kier molecular flexibility index (Phi) is 10.3. The first kappa shape index (κ1) is 17.9. The van der Waals surface area contributed by atoms with Crippen molar-refractivity contribution < 1.29 is 27.7 Å². The van der Waals surface area contributed by atoms with Crippen LogP contribution in [0, 0.1) is 12.8 Å². The van der Waals surface area contributed by atoms with Gasteiger partial charge in [0.05, 0.1) is 13.2 Å². The minimum atomic E-state index is 0. The van der Waals surface area contributed by atoms with E-state index < -0.39 is 0 Å². The maximum absolute atomic E-state index is 9.56. The standard InChI is InChI=1S/C10H21NO.CH3.FH.Re/c1-5-11(9(2)3)6-10(4)7-12-8-10;;;/h9H,5-8H2,1-4H3;1H3;1H;/q;-1;;+1/p-1. The number of halogens is 1. The summed E-state index contributed by atoms with van der Waals surface area (Å²) < 4.78 is 14.8. The number of ether oxygens (including phenoxy) is 1. The van der Waals surface area contributed by atoms with Crippen LogP contribution in [0.5, 0.6) is 0 Å². The molecule has 0 amide bonds. The summed E-state index contributed by atoms with van der Waals surface area (Å²) in [5.74, 6) is 0. The number of nitrogens with zero attached hydrogens (tertiary/aromatic N) is 1. The van der Waals surface area contributed by atoms with Crippen LogP contribution in [-0.2, 0) is 24.5 Å². The summed E-state index contributed by atoms with van der Waals surface area (Å²) >= 11 is 0.222. The number of hydrogen-bond donors (Lipinski definition) is 0. The molecule has 1 rings (SSSR count). The van der Waals surface area contributed by atoms with E-state index in [-0.39, 0.29) is 27.1 Å². The summed E-state index contributed by atoms with van der Waals surface area (Å²) in [5.41, 5.74) is 0.431. The monoisotopic (exact) mass is 392 g/mol. The van der Waals surface area contributed by atoms with Crippen molar-refractivity contribution in [1.82, 2.24) is 4.90 Å². The van der Waals surface area contributed by atoms with Gasteiger partial charge in [-0.3, -0.25) is 0 Å². The van der Waals surface area contributed by atoms with Gasteiger partial charge in [-0.2, -0.15) is 0 Å². The van der Waals surface area contributed by atoms with E-state index in [1.165, 1.54) is 6.54 Å². The van der Waals surface area contributed by atoms with Crippen LogP contribution < -0.4 is 0 Å². The van der Waals surface area contributed by atoms with Crippen LogP contribution in [0.4, 0.5) is 3.22 Å². The third-order valence-electron chi connectivity index (χ3n) is 2.62. The fourth-order valence-corrected chi connectivity index (χ4v) is 1.69. The predicted molar refractivity (Wildman–Crippen MR) is 58.8 cm³/mol. The van der Waals surface area contributed by atoms with Crippen LogP contribution in [0.2, 0.25) is 0 Å². The molecule has 4 heteroatoms. The summed E-state index contributed by atoms with van der Waals surface area (Å²) in [7, 11) is 0. The molecule has 0 aliphatic carbocycles. The average molecular weight is 392 g/mol. The van der Waals surface area contributed by atoms with E-state index in [1.54, 1.807) is 0 Å². The Bertz CT molecular complexity index is 152. The van der Waals surface area contributed by atoms with E-state index >= 15 is 0 Å². The van der Waals surface area contributed by atoms with Crippen LogP contribution in [-0.4, -0.2) is 37.2 Å². The zero-order valence-electron chi connectivity index (χ0n) is 10.5. The molecule has 0 N–H and O–H groups in total. The molecule has 0 radical (unpaired) electrons. The summed E-state index contributed by atoms with van der Waals surface area (Å²) in [4.78, 5) is 2.50. The molecule has 1 saturated heterocycles. The molecule has 2 nitrogen and oxygen atoms in total. The molecule has 1 aliphatic rings. The second kappa shape index (κ2) is 8.64. The molecular formula is C11H24FNORe-. The van der Waals surface area contributed by atoms with Crippen molar-refractivity contribution in [2.24, 2.45) is 5.41 Å². The van der Waals surface area contributed by atoms with Crippen LogP contribution in [0.15, 0.2) is 0 Å². The van der Waals surface area contributed by atoms with E-state index in [2.05, 4.69) is 32.6 Å². The summed E-state index contributed by atoms with van der Waals surface area (Å²) in [6.45, 7) is 13.3. The first-order chi connectivity index (χ1) is 6.57. The van der Waals surface area contributed by atoms with Gasteiger partial charge >= 0.3 is 22.9 Å². The van der Waals surface area contributed by atoms with Crippen molar-refractivity contribution in [2.45, 2.75) is 33.7 Å². The van der Waals surface area contributed by atoms with Crippen LogP contribution in [0.3, 0.4) is 0 Å². The molecule has 15 heavy (non-hydrogen) atoms. The molecule has 0 saturated carbocycles. The molecule has 0 aromatic carbocycles. The normalized spacial score (nSPS) is 17.6.